The minimum atomic E-state index is -0.673. The Labute approximate surface area is 353 Å². The zero-order valence-corrected chi connectivity index (χ0v) is 37.8. The first kappa shape index (κ1) is 55.1. The maximum absolute atomic E-state index is 12.4. The first-order valence-electron chi connectivity index (χ1n) is 24.7. The highest BCUT2D eigenvalue weighted by Gasteiger charge is 2.20. The summed E-state index contributed by atoms with van der Waals surface area (Å²) >= 11 is 0. The van der Waals surface area contributed by atoms with Gasteiger partial charge in [-0.1, -0.05) is 185 Å². The standard InChI is InChI=1S/C51H95NO5/c1-3-5-7-9-11-13-15-25-29-33-37-41-45-51(56)57-46-42-38-34-30-26-22-20-18-16-17-19-21-24-28-32-36-40-44-50(55)52-48(47-53)49(54)43-39-35-31-27-23-14-12-10-8-6-4-2/h11,13,16,18,22,26,48-49,53-54H,3-10,12,14-15,17,19-21,23-25,27-47H2,1-2H3,(H,52,55)/b13-11-,18-16-,26-22-. The Morgan fingerprint density at radius 2 is 0.877 bits per heavy atom. The molecule has 6 nitrogen and oxygen atoms in total. The topological polar surface area (TPSA) is 95.9 Å². The molecule has 0 aromatic heterocycles. The van der Waals surface area contributed by atoms with E-state index in [9.17, 15) is 19.8 Å². The van der Waals surface area contributed by atoms with Gasteiger partial charge in [-0.25, -0.2) is 0 Å². The van der Waals surface area contributed by atoms with Crippen molar-refractivity contribution in [3.8, 4) is 0 Å². The molecule has 0 radical (unpaired) electrons. The molecule has 2 atom stereocenters. The molecule has 0 rings (SSSR count). The number of esters is 1. The van der Waals surface area contributed by atoms with Crippen molar-refractivity contribution >= 4 is 11.9 Å². The molecule has 0 aromatic carbocycles. The van der Waals surface area contributed by atoms with Gasteiger partial charge in [0, 0.05) is 12.8 Å². The van der Waals surface area contributed by atoms with Crippen LogP contribution in [0.2, 0.25) is 0 Å². The van der Waals surface area contributed by atoms with Gasteiger partial charge in [0.2, 0.25) is 5.91 Å². The molecule has 0 heterocycles. The van der Waals surface area contributed by atoms with Gasteiger partial charge in [-0.3, -0.25) is 9.59 Å². The van der Waals surface area contributed by atoms with Crippen molar-refractivity contribution in [1.29, 1.82) is 0 Å². The number of hydrogen-bond acceptors (Lipinski definition) is 5. The summed E-state index contributed by atoms with van der Waals surface area (Å²) in [7, 11) is 0. The summed E-state index contributed by atoms with van der Waals surface area (Å²) < 4.78 is 5.42. The zero-order valence-electron chi connectivity index (χ0n) is 37.8. The van der Waals surface area contributed by atoms with Crippen LogP contribution < -0.4 is 5.32 Å². The number of allylic oxidation sites excluding steroid dienone is 6. The van der Waals surface area contributed by atoms with Crippen molar-refractivity contribution in [2.24, 2.45) is 0 Å². The number of carbonyl (C=O) groups is 2. The minimum Gasteiger partial charge on any atom is -0.466 e. The fourth-order valence-electron chi connectivity index (χ4n) is 7.31. The molecule has 0 aliphatic rings. The lowest BCUT2D eigenvalue weighted by Crippen LogP contribution is -2.45. The zero-order chi connectivity index (χ0) is 41.5. The number of amides is 1. The van der Waals surface area contributed by atoms with Gasteiger partial charge in [-0.2, -0.15) is 0 Å². The molecule has 6 heteroatoms. The summed E-state index contributed by atoms with van der Waals surface area (Å²) in [6.45, 7) is 4.86. The van der Waals surface area contributed by atoms with Gasteiger partial charge in [-0.15, -0.1) is 0 Å². The normalized spacial score (nSPS) is 13.0. The SMILES string of the molecule is CCCCC/C=C\CCCCCCCC(=O)OCCCCC/C=C\C/C=C\CCCCCCCCCC(=O)NC(CO)C(O)CCCCCCCCCCCCC. The molecule has 0 aliphatic heterocycles. The molecular weight excluding hydrogens is 707 g/mol. The summed E-state index contributed by atoms with van der Waals surface area (Å²) in [5.74, 6) is -0.0800. The van der Waals surface area contributed by atoms with Crippen molar-refractivity contribution in [3.63, 3.8) is 0 Å². The highest BCUT2D eigenvalue weighted by Crippen LogP contribution is 2.15. The van der Waals surface area contributed by atoms with E-state index >= 15 is 0 Å². The van der Waals surface area contributed by atoms with Crippen molar-refractivity contribution in [3.05, 3.63) is 36.5 Å². The second-order valence-corrected chi connectivity index (χ2v) is 16.8. The number of hydrogen-bond donors (Lipinski definition) is 3. The Balaban J connectivity index is 3.51. The molecule has 0 saturated carbocycles. The minimum absolute atomic E-state index is 0.0264. The molecule has 334 valence electrons. The van der Waals surface area contributed by atoms with Gasteiger partial charge >= 0.3 is 5.97 Å². The van der Waals surface area contributed by atoms with E-state index in [1.807, 2.05) is 0 Å². The fourth-order valence-corrected chi connectivity index (χ4v) is 7.31. The van der Waals surface area contributed by atoms with Crippen LogP contribution in [0.5, 0.6) is 0 Å². The van der Waals surface area contributed by atoms with Crippen LogP contribution >= 0.6 is 0 Å². The third-order valence-corrected chi connectivity index (χ3v) is 11.2. The van der Waals surface area contributed by atoms with E-state index in [0.29, 0.717) is 25.9 Å². The quantitative estimate of drug-likeness (QED) is 0.0324. The molecule has 0 aliphatic carbocycles. The van der Waals surface area contributed by atoms with Crippen LogP contribution in [0.15, 0.2) is 36.5 Å². The second kappa shape index (κ2) is 46.8. The van der Waals surface area contributed by atoms with Gasteiger partial charge in [0.15, 0.2) is 0 Å². The van der Waals surface area contributed by atoms with Crippen molar-refractivity contribution < 1.29 is 24.5 Å². The molecule has 2 unspecified atom stereocenters. The molecule has 57 heavy (non-hydrogen) atoms. The van der Waals surface area contributed by atoms with Gasteiger partial charge in [0.05, 0.1) is 25.4 Å². The van der Waals surface area contributed by atoms with Crippen molar-refractivity contribution in [2.75, 3.05) is 13.2 Å². The number of aliphatic hydroxyl groups excluding tert-OH is 2. The van der Waals surface area contributed by atoms with Gasteiger partial charge < -0.3 is 20.3 Å². The van der Waals surface area contributed by atoms with Crippen LogP contribution in [-0.2, 0) is 14.3 Å². The van der Waals surface area contributed by atoms with Crippen LogP contribution in [0.4, 0.5) is 0 Å². The summed E-state index contributed by atoms with van der Waals surface area (Å²) in [6.07, 6.45) is 55.4. The monoisotopic (exact) mass is 802 g/mol. The molecular formula is C51H95NO5. The predicted molar refractivity (Wildman–Crippen MR) is 246 cm³/mol. The third-order valence-electron chi connectivity index (χ3n) is 11.2. The maximum Gasteiger partial charge on any atom is 0.305 e. The van der Waals surface area contributed by atoms with Gasteiger partial charge in [0.1, 0.15) is 0 Å². The number of carbonyl (C=O) groups excluding carboxylic acids is 2. The first-order valence-corrected chi connectivity index (χ1v) is 24.7. The molecule has 1 amide bonds. The van der Waals surface area contributed by atoms with E-state index < -0.39 is 12.1 Å². The van der Waals surface area contributed by atoms with E-state index in [-0.39, 0.29) is 18.5 Å². The van der Waals surface area contributed by atoms with Crippen molar-refractivity contribution in [1.82, 2.24) is 5.32 Å². The Morgan fingerprint density at radius 3 is 1.39 bits per heavy atom. The van der Waals surface area contributed by atoms with Crippen LogP contribution in [0.3, 0.4) is 0 Å². The first-order chi connectivity index (χ1) is 28.0. The predicted octanol–water partition coefficient (Wildman–Crippen LogP) is 14.5. The largest absolute Gasteiger partial charge is 0.466 e. The number of rotatable bonds is 45. The van der Waals surface area contributed by atoms with Crippen LogP contribution in [0.1, 0.15) is 251 Å². The Bertz CT molecular complexity index is 931. The number of aliphatic hydroxyl groups is 2. The average Bonchev–Trinajstić information content (AvgIpc) is 3.21. The third kappa shape index (κ3) is 43.5. The van der Waals surface area contributed by atoms with E-state index in [0.717, 1.165) is 83.5 Å². The summed E-state index contributed by atoms with van der Waals surface area (Å²) in [4.78, 5) is 24.4. The highest BCUT2D eigenvalue weighted by atomic mass is 16.5. The van der Waals surface area contributed by atoms with E-state index in [1.165, 1.54) is 135 Å². The Hall–Kier alpha value is -1.92. The van der Waals surface area contributed by atoms with Gasteiger partial charge in [0.25, 0.3) is 0 Å². The molecule has 0 aromatic rings. The van der Waals surface area contributed by atoms with E-state index in [1.54, 1.807) is 0 Å². The summed E-state index contributed by atoms with van der Waals surface area (Å²) in [5.41, 5.74) is 0. The molecule has 3 N–H and O–H groups in total. The molecule has 0 saturated heterocycles. The number of ether oxygens (including phenoxy) is 1. The summed E-state index contributed by atoms with van der Waals surface area (Å²) in [6, 6.07) is -0.552. The van der Waals surface area contributed by atoms with Crippen molar-refractivity contribution in [2.45, 2.75) is 264 Å². The summed E-state index contributed by atoms with van der Waals surface area (Å²) in [5, 5.41) is 23.1. The smallest absolute Gasteiger partial charge is 0.305 e. The van der Waals surface area contributed by atoms with Crippen LogP contribution in [-0.4, -0.2) is 47.4 Å². The van der Waals surface area contributed by atoms with E-state index in [4.69, 9.17) is 4.74 Å². The lowest BCUT2D eigenvalue weighted by atomic mass is 10.0. The average molecular weight is 802 g/mol. The lowest BCUT2D eigenvalue weighted by Gasteiger charge is -2.22. The van der Waals surface area contributed by atoms with Crippen LogP contribution in [0, 0.1) is 0 Å². The van der Waals surface area contributed by atoms with Crippen LogP contribution in [0.25, 0.3) is 0 Å². The lowest BCUT2D eigenvalue weighted by molar-refractivity contribution is -0.143. The Kier molecular flexibility index (Phi) is 45.2. The second-order valence-electron chi connectivity index (χ2n) is 16.8. The molecule has 0 spiro atoms. The van der Waals surface area contributed by atoms with E-state index in [2.05, 4.69) is 55.6 Å². The number of nitrogens with one attached hydrogen (secondary N) is 1. The maximum atomic E-state index is 12.4. The number of unbranched alkanes of at least 4 members (excludes halogenated alkanes) is 28. The fraction of sp³-hybridized carbons (Fsp3) is 0.843. The molecule has 0 bridgehead atoms. The highest BCUT2D eigenvalue weighted by molar-refractivity contribution is 5.76. The van der Waals surface area contributed by atoms with Gasteiger partial charge in [-0.05, 0) is 89.9 Å². The molecule has 0 fully saturated rings. The Morgan fingerprint density at radius 1 is 0.491 bits per heavy atom.